The first-order valence-electron chi connectivity index (χ1n) is 7.74. The Morgan fingerprint density at radius 2 is 1.81 bits per heavy atom. The van der Waals surface area contributed by atoms with Crippen molar-refractivity contribution in [1.29, 1.82) is 0 Å². The van der Waals surface area contributed by atoms with Crippen LogP contribution in [-0.2, 0) is 10.0 Å². The van der Waals surface area contributed by atoms with Crippen LogP contribution >= 0.6 is 0 Å². The largest absolute Gasteiger partial charge is 0.433 e. The Labute approximate surface area is 149 Å². The van der Waals surface area contributed by atoms with Crippen molar-refractivity contribution in [2.45, 2.75) is 4.90 Å². The number of hydrogen-bond acceptors (Lipinski definition) is 7. The van der Waals surface area contributed by atoms with Crippen LogP contribution in [0.1, 0.15) is 10.6 Å². The van der Waals surface area contributed by atoms with Crippen molar-refractivity contribution in [2.24, 2.45) is 0 Å². The number of benzene rings is 1. The van der Waals surface area contributed by atoms with Crippen molar-refractivity contribution in [3.05, 3.63) is 52.3 Å². The number of nitro groups is 1. The molecule has 26 heavy (non-hydrogen) atoms. The Morgan fingerprint density at radius 3 is 2.38 bits per heavy atom. The quantitative estimate of drug-likeness (QED) is 0.584. The number of hydrogen-bond donors (Lipinski definition) is 2. The Bertz CT molecular complexity index is 916. The molecule has 0 spiro atoms. The van der Waals surface area contributed by atoms with E-state index in [0.29, 0.717) is 31.9 Å². The summed E-state index contributed by atoms with van der Waals surface area (Å²) in [7, 11) is -3.58. The molecule has 0 aliphatic carbocycles. The molecule has 1 saturated heterocycles. The zero-order chi connectivity index (χ0) is 18.7. The molecule has 3 rings (SSSR count). The number of carbonyl (C=O) groups excluding carboxylic acids is 1. The second-order valence-electron chi connectivity index (χ2n) is 5.53. The fourth-order valence-electron chi connectivity index (χ4n) is 2.48. The van der Waals surface area contributed by atoms with Gasteiger partial charge in [0.15, 0.2) is 5.76 Å². The highest BCUT2D eigenvalue weighted by Crippen LogP contribution is 2.20. The molecule has 0 atom stereocenters. The van der Waals surface area contributed by atoms with Crippen LogP contribution in [0.5, 0.6) is 0 Å². The van der Waals surface area contributed by atoms with Gasteiger partial charge in [-0.15, -0.1) is 0 Å². The van der Waals surface area contributed by atoms with E-state index in [1.807, 2.05) is 0 Å². The van der Waals surface area contributed by atoms with Crippen LogP contribution in [0.15, 0.2) is 45.7 Å². The summed E-state index contributed by atoms with van der Waals surface area (Å²) in [6.07, 6.45) is 0. The van der Waals surface area contributed by atoms with E-state index in [0.717, 1.165) is 6.07 Å². The van der Waals surface area contributed by atoms with Gasteiger partial charge < -0.3 is 15.1 Å². The predicted molar refractivity (Wildman–Crippen MR) is 91.4 cm³/mol. The van der Waals surface area contributed by atoms with Crippen molar-refractivity contribution >= 4 is 27.5 Å². The second kappa shape index (κ2) is 7.23. The van der Waals surface area contributed by atoms with E-state index < -0.39 is 26.7 Å². The van der Waals surface area contributed by atoms with E-state index in [1.54, 1.807) is 0 Å². The summed E-state index contributed by atoms with van der Waals surface area (Å²) >= 11 is 0. The van der Waals surface area contributed by atoms with Crippen molar-refractivity contribution < 1.29 is 22.6 Å². The van der Waals surface area contributed by atoms with Gasteiger partial charge in [0, 0.05) is 31.9 Å². The monoisotopic (exact) mass is 380 g/mol. The van der Waals surface area contributed by atoms with Gasteiger partial charge in [-0.2, -0.15) is 4.31 Å². The predicted octanol–water partition coefficient (Wildman–Crippen LogP) is 1.03. The molecule has 1 amide bonds. The molecule has 0 bridgehead atoms. The van der Waals surface area contributed by atoms with Crippen molar-refractivity contribution in [3.8, 4) is 0 Å². The van der Waals surface area contributed by atoms with Crippen molar-refractivity contribution in [3.63, 3.8) is 0 Å². The number of sulfonamides is 1. The van der Waals surface area contributed by atoms with Gasteiger partial charge in [0.05, 0.1) is 11.0 Å². The van der Waals surface area contributed by atoms with Gasteiger partial charge in [-0.05, 0) is 30.3 Å². The maximum absolute atomic E-state index is 12.5. The van der Waals surface area contributed by atoms with Crippen LogP contribution in [-0.4, -0.2) is 49.7 Å². The van der Waals surface area contributed by atoms with Crippen molar-refractivity contribution in [2.75, 3.05) is 31.5 Å². The molecule has 2 aromatic rings. The van der Waals surface area contributed by atoms with Gasteiger partial charge in [-0.1, -0.05) is 0 Å². The van der Waals surface area contributed by atoms with Gasteiger partial charge in [0.1, 0.15) is 4.92 Å². The minimum absolute atomic E-state index is 0.131. The lowest BCUT2D eigenvalue weighted by molar-refractivity contribution is -0.402. The van der Waals surface area contributed by atoms with Gasteiger partial charge in [0.25, 0.3) is 5.91 Å². The minimum atomic E-state index is -3.58. The Balaban J connectivity index is 1.70. The second-order valence-corrected chi connectivity index (χ2v) is 7.47. The fraction of sp³-hybridized carbons (Fsp3) is 0.267. The van der Waals surface area contributed by atoms with E-state index in [4.69, 9.17) is 4.42 Å². The molecule has 0 saturated carbocycles. The molecule has 1 aromatic heterocycles. The molecule has 1 fully saturated rings. The van der Waals surface area contributed by atoms with Gasteiger partial charge in [0.2, 0.25) is 10.0 Å². The van der Waals surface area contributed by atoms with Crippen LogP contribution in [0.3, 0.4) is 0 Å². The summed E-state index contributed by atoms with van der Waals surface area (Å²) in [6, 6.07) is 7.97. The number of rotatable bonds is 5. The third-order valence-electron chi connectivity index (χ3n) is 3.82. The summed E-state index contributed by atoms with van der Waals surface area (Å²) in [5, 5.41) is 16.2. The number of piperazine rings is 1. The zero-order valence-electron chi connectivity index (χ0n) is 13.5. The summed E-state index contributed by atoms with van der Waals surface area (Å²) in [5.74, 6) is -1.42. The summed E-state index contributed by atoms with van der Waals surface area (Å²) in [4.78, 5) is 22.0. The number of carbonyl (C=O) groups is 1. The van der Waals surface area contributed by atoms with E-state index in [9.17, 15) is 23.3 Å². The molecule has 2 N–H and O–H groups in total. The lowest BCUT2D eigenvalue weighted by atomic mass is 10.3. The van der Waals surface area contributed by atoms with Crippen LogP contribution in [0, 0.1) is 10.1 Å². The van der Waals surface area contributed by atoms with Crippen LogP contribution < -0.4 is 10.6 Å². The highest BCUT2D eigenvalue weighted by Gasteiger charge is 2.25. The molecule has 0 unspecified atom stereocenters. The molecule has 138 valence electrons. The van der Waals surface area contributed by atoms with Gasteiger partial charge in [-0.25, -0.2) is 8.42 Å². The average molecular weight is 380 g/mol. The highest BCUT2D eigenvalue weighted by atomic mass is 32.2. The molecule has 2 heterocycles. The Hall–Kier alpha value is -2.76. The molecule has 1 aromatic carbocycles. The zero-order valence-corrected chi connectivity index (χ0v) is 14.4. The molecule has 1 aliphatic rings. The molecule has 11 heteroatoms. The average Bonchev–Trinajstić information content (AvgIpc) is 3.13. The van der Waals surface area contributed by atoms with Crippen LogP contribution in [0.25, 0.3) is 0 Å². The third-order valence-corrected chi connectivity index (χ3v) is 5.73. The van der Waals surface area contributed by atoms with E-state index in [2.05, 4.69) is 10.6 Å². The highest BCUT2D eigenvalue weighted by molar-refractivity contribution is 7.89. The first kappa shape index (κ1) is 18.0. The SMILES string of the molecule is O=C(Nc1ccc(S(=O)(=O)N2CCNCC2)cc1)c1ccc([N+](=O)[O-])o1. The Morgan fingerprint density at radius 1 is 1.15 bits per heavy atom. The number of nitrogens with zero attached hydrogens (tertiary/aromatic N) is 2. The first-order chi connectivity index (χ1) is 12.4. The van der Waals surface area contributed by atoms with Crippen LogP contribution in [0.2, 0.25) is 0 Å². The van der Waals surface area contributed by atoms with Gasteiger partial charge in [-0.3, -0.25) is 14.9 Å². The Kier molecular flexibility index (Phi) is 5.02. The molecular formula is C15H16N4O6S. The van der Waals surface area contributed by atoms with Gasteiger partial charge >= 0.3 is 5.88 Å². The molecular weight excluding hydrogens is 364 g/mol. The summed E-state index contributed by atoms with van der Waals surface area (Å²) in [6.45, 7) is 2.00. The lowest BCUT2D eigenvalue weighted by Gasteiger charge is -2.26. The number of nitrogens with one attached hydrogen (secondary N) is 2. The lowest BCUT2D eigenvalue weighted by Crippen LogP contribution is -2.46. The van der Waals surface area contributed by atoms with Crippen LogP contribution in [0.4, 0.5) is 11.6 Å². The molecule has 10 nitrogen and oxygen atoms in total. The smallest absolute Gasteiger partial charge is 0.395 e. The normalized spacial score (nSPS) is 15.5. The third kappa shape index (κ3) is 3.74. The fourth-order valence-corrected chi connectivity index (χ4v) is 3.93. The van der Waals surface area contributed by atoms with E-state index in [1.165, 1.54) is 34.6 Å². The van der Waals surface area contributed by atoms with E-state index >= 15 is 0 Å². The molecule has 0 radical (unpaired) electrons. The maximum atomic E-state index is 12.5. The minimum Gasteiger partial charge on any atom is -0.395 e. The topological polar surface area (TPSA) is 135 Å². The number of amides is 1. The van der Waals surface area contributed by atoms with Crippen molar-refractivity contribution in [1.82, 2.24) is 9.62 Å². The number of anilines is 1. The first-order valence-corrected chi connectivity index (χ1v) is 9.18. The maximum Gasteiger partial charge on any atom is 0.433 e. The number of furan rings is 1. The summed E-state index contributed by atoms with van der Waals surface area (Å²) in [5.41, 5.74) is 0.341. The van der Waals surface area contributed by atoms with E-state index in [-0.39, 0.29) is 10.7 Å². The standard InChI is InChI=1S/C15H16N4O6S/c20-15(13-5-6-14(25-13)19(21)22)17-11-1-3-12(4-2-11)26(23,24)18-9-7-16-8-10-18/h1-6,16H,7-10H2,(H,17,20). The molecule has 1 aliphatic heterocycles. The summed E-state index contributed by atoms with van der Waals surface area (Å²) < 4.78 is 31.3.